The van der Waals surface area contributed by atoms with Crippen molar-refractivity contribution in [2.75, 3.05) is 6.54 Å². The predicted molar refractivity (Wildman–Crippen MR) is 69.8 cm³/mol. The molecule has 0 heterocycles. The molecule has 0 aromatic heterocycles. The maximum absolute atomic E-state index is 12.3. The van der Waals surface area contributed by atoms with Crippen LogP contribution in [-0.4, -0.2) is 12.5 Å². The normalized spacial score (nSPS) is 16.7. The molecule has 0 bridgehead atoms. The Morgan fingerprint density at radius 1 is 1.39 bits per heavy atom. The largest absolute Gasteiger partial charge is 0.354 e. The fourth-order valence-corrected chi connectivity index (χ4v) is 2.04. The SMILES string of the molecule is CC(C)(C#N)CNC(=O)C1(c2ccccc2)CC1. The minimum Gasteiger partial charge on any atom is -0.354 e. The number of nitrogens with zero attached hydrogens (tertiary/aromatic N) is 1. The molecule has 1 fully saturated rings. The third kappa shape index (κ3) is 2.38. The maximum atomic E-state index is 12.3. The summed E-state index contributed by atoms with van der Waals surface area (Å²) in [6.07, 6.45) is 1.80. The number of hydrogen-bond donors (Lipinski definition) is 1. The number of amides is 1. The molecule has 3 nitrogen and oxygen atoms in total. The summed E-state index contributed by atoms with van der Waals surface area (Å²) in [4.78, 5) is 12.3. The second kappa shape index (κ2) is 4.45. The van der Waals surface area contributed by atoms with Gasteiger partial charge in [0.25, 0.3) is 0 Å². The van der Waals surface area contributed by atoms with Crippen molar-refractivity contribution in [1.29, 1.82) is 5.26 Å². The molecule has 1 N–H and O–H groups in total. The molecule has 1 aliphatic carbocycles. The van der Waals surface area contributed by atoms with Crippen molar-refractivity contribution in [3.63, 3.8) is 0 Å². The number of carbonyl (C=O) groups excluding carboxylic acids is 1. The molecule has 3 heteroatoms. The van der Waals surface area contributed by atoms with Crippen LogP contribution in [0.2, 0.25) is 0 Å². The summed E-state index contributed by atoms with van der Waals surface area (Å²) in [6, 6.07) is 12.1. The molecule has 0 radical (unpaired) electrons. The monoisotopic (exact) mass is 242 g/mol. The van der Waals surface area contributed by atoms with Crippen LogP contribution in [0, 0.1) is 16.7 Å². The van der Waals surface area contributed by atoms with E-state index in [4.69, 9.17) is 5.26 Å². The van der Waals surface area contributed by atoms with E-state index in [0.717, 1.165) is 18.4 Å². The lowest BCUT2D eigenvalue weighted by atomic mass is 9.92. The first-order valence-electron chi connectivity index (χ1n) is 6.25. The first-order chi connectivity index (χ1) is 8.50. The predicted octanol–water partition coefficient (Wildman–Crippen LogP) is 2.38. The highest BCUT2D eigenvalue weighted by Gasteiger charge is 2.51. The Bertz CT molecular complexity index is 481. The van der Waals surface area contributed by atoms with E-state index in [1.54, 1.807) is 0 Å². The van der Waals surface area contributed by atoms with Gasteiger partial charge in [0.2, 0.25) is 5.91 Å². The zero-order chi connectivity index (χ0) is 13.2. The first kappa shape index (κ1) is 12.6. The molecule has 1 saturated carbocycles. The van der Waals surface area contributed by atoms with Crippen LogP contribution in [0.15, 0.2) is 30.3 Å². The molecule has 1 aliphatic rings. The second-order valence-electron chi connectivity index (χ2n) is 5.63. The molecule has 0 atom stereocenters. The minimum atomic E-state index is -0.511. The van der Waals surface area contributed by atoms with Crippen LogP contribution in [0.25, 0.3) is 0 Å². The van der Waals surface area contributed by atoms with Gasteiger partial charge in [-0.15, -0.1) is 0 Å². The van der Waals surface area contributed by atoms with E-state index < -0.39 is 5.41 Å². The van der Waals surface area contributed by atoms with Gasteiger partial charge in [-0.3, -0.25) is 4.79 Å². The Labute approximate surface area is 108 Å². The maximum Gasteiger partial charge on any atom is 0.230 e. The Hall–Kier alpha value is -1.82. The van der Waals surface area contributed by atoms with Crippen molar-refractivity contribution in [3.8, 4) is 6.07 Å². The average molecular weight is 242 g/mol. The van der Waals surface area contributed by atoms with Gasteiger partial charge in [-0.1, -0.05) is 30.3 Å². The number of hydrogen-bond acceptors (Lipinski definition) is 2. The van der Waals surface area contributed by atoms with Crippen molar-refractivity contribution in [2.45, 2.75) is 32.1 Å². The summed E-state index contributed by atoms with van der Waals surface area (Å²) in [5.74, 6) is 0.0528. The molecule has 0 spiro atoms. The molecule has 1 aromatic rings. The molecule has 2 rings (SSSR count). The zero-order valence-electron chi connectivity index (χ0n) is 10.9. The molecule has 0 unspecified atom stereocenters. The molecule has 94 valence electrons. The minimum absolute atomic E-state index is 0.0528. The Morgan fingerprint density at radius 3 is 2.50 bits per heavy atom. The van der Waals surface area contributed by atoms with E-state index >= 15 is 0 Å². The van der Waals surface area contributed by atoms with Gasteiger partial charge in [0.15, 0.2) is 0 Å². The summed E-state index contributed by atoms with van der Waals surface area (Å²) < 4.78 is 0. The van der Waals surface area contributed by atoms with Gasteiger partial charge in [-0.25, -0.2) is 0 Å². The van der Waals surface area contributed by atoms with E-state index in [0.29, 0.717) is 6.54 Å². The van der Waals surface area contributed by atoms with Crippen LogP contribution in [0.1, 0.15) is 32.3 Å². The molecule has 0 aliphatic heterocycles. The highest BCUT2D eigenvalue weighted by Crippen LogP contribution is 2.48. The molecule has 0 saturated heterocycles. The summed E-state index contributed by atoms with van der Waals surface area (Å²) in [6.45, 7) is 4.06. The van der Waals surface area contributed by atoms with E-state index in [9.17, 15) is 4.79 Å². The number of rotatable bonds is 4. The molecular formula is C15H18N2O. The van der Waals surface area contributed by atoms with E-state index in [1.165, 1.54) is 0 Å². The average Bonchev–Trinajstić information content (AvgIpc) is 3.19. The van der Waals surface area contributed by atoms with Gasteiger partial charge in [0.1, 0.15) is 0 Å². The van der Waals surface area contributed by atoms with Crippen LogP contribution in [0.3, 0.4) is 0 Å². The van der Waals surface area contributed by atoms with Gasteiger partial charge in [-0.05, 0) is 32.3 Å². The Balaban J connectivity index is 2.05. The van der Waals surface area contributed by atoms with Crippen molar-refractivity contribution < 1.29 is 4.79 Å². The van der Waals surface area contributed by atoms with Gasteiger partial charge < -0.3 is 5.32 Å². The fraction of sp³-hybridized carbons (Fsp3) is 0.467. The van der Waals surface area contributed by atoms with Crippen LogP contribution in [-0.2, 0) is 10.2 Å². The molecular weight excluding hydrogens is 224 g/mol. The molecule has 1 aromatic carbocycles. The smallest absolute Gasteiger partial charge is 0.230 e. The van der Waals surface area contributed by atoms with E-state index in [2.05, 4.69) is 11.4 Å². The lowest BCUT2D eigenvalue weighted by Gasteiger charge is -2.20. The number of nitrogens with one attached hydrogen (secondary N) is 1. The van der Waals surface area contributed by atoms with Gasteiger partial charge in [-0.2, -0.15) is 5.26 Å². The summed E-state index contributed by atoms with van der Waals surface area (Å²) >= 11 is 0. The second-order valence-corrected chi connectivity index (χ2v) is 5.63. The Morgan fingerprint density at radius 2 is 2.00 bits per heavy atom. The van der Waals surface area contributed by atoms with Gasteiger partial charge >= 0.3 is 0 Å². The zero-order valence-corrected chi connectivity index (χ0v) is 10.9. The summed E-state index contributed by atoms with van der Waals surface area (Å²) in [5.41, 5.74) is 0.229. The summed E-state index contributed by atoms with van der Waals surface area (Å²) in [5, 5.41) is 11.9. The van der Waals surface area contributed by atoms with Gasteiger partial charge in [0, 0.05) is 6.54 Å². The third-order valence-electron chi connectivity index (χ3n) is 3.50. The lowest BCUT2D eigenvalue weighted by Crippen LogP contribution is -2.39. The third-order valence-corrected chi connectivity index (χ3v) is 3.50. The molecule has 1 amide bonds. The summed E-state index contributed by atoms with van der Waals surface area (Å²) in [7, 11) is 0. The van der Waals surface area contributed by atoms with Crippen LogP contribution in [0.5, 0.6) is 0 Å². The quantitative estimate of drug-likeness (QED) is 0.881. The van der Waals surface area contributed by atoms with Gasteiger partial charge in [0.05, 0.1) is 16.9 Å². The van der Waals surface area contributed by atoms with E-state index in [1.807, 2.05) is 44.2 Å². The van der Waals surface area contributed by atoms with Crippen LogP contribution in [0.4, 0.5) is 0 Å². The van der Waals surface area contributed by atoms with E-state index in [-0.39, 0.29) is 11.3 Å². The number of carbonyl (C=O) groups is 1. The molecule has 18 heavy (non-hydrogen) atoms. The van der Waals surface area contributed by atoms with Crippen molar-refractivity contribution in [3.05, 3.63) is 35.9 Å². The van der Waals surface area contributed by atoms with Crippen molar-refractivity contribution in [1.82, 2.24) is 5.32 Å². The fourth-order valence-electron chi connectivity index (χ4n) is 2.04. The first-order valence-corrected chi connectivity index (χ1v) is 6.25. The van der Waals surface area contributed by atoms with Crippen molar-refractivity contribution >= 4 is 5.91 Å². The number of benzene rings is 1. The number of nitriles is 1. The lowest BCUT2D eigenvalue weighted by molar-refractivity contribution is -0.123. The van der Waals surface area contributed by atoms with Crippen molar-refractivity contribution in [2.24, 2.45) is 5.41 Å². The highest BCUT2D eigenvalue weighted by molar-refractivity contribution is 5.91. The highest BCUT2D eigenvalue weighted by atomic mass is 16.2. The van der Waals surface area contributed by atoms with Crippen LogP contribution < -0.4 is 5.32 Å². The van der Waals surface area contributed by atoms with Crippen LogP contribution >= 0.6 is 0 Å². The standard InChI is InChI=1S/C15H18N2O/c1-14(2,10-16)11-17-13(18)15(8-9-15)12-6-4-3-5-7-12/h3-7H,8-9,11H2,1-2H3,(H,17,18). The topological polar surface area (TPSA) is 52.9 Å². The Kier molecular flexibility index (Phi) is 3.13.